The maximum Gasteiger partial charge on any atom is 0.416 e. The average molecular weight is 454 g/mol. The van der Waals surface area contributed by atoms with Crippen molar-refractivity contribution >= 4 is 15.8 Å². The summed E-state index contributed by atoms with van der Waals surface area (Å²) < 4.78 is 66.8. The lowest BCUT2D eigenvalue weighted by Crippen LogP contribution is -2.29. The number of halogens is 3. The van der Waals surface area contributed by atoms with E-state index in [-0.39, 0.29) is 13.1 Å². The lowest BCUT2D eigenvalue weighted by molar-refractivity contribution is -0.137. The summed E-state index contributed by atoms with van der Waals surface area (Å²) in [4.78, 5) is -0.452. The molecule has 0 bridgehead atoms. The van der Waals surface area contributed by atoms with Crippen molar-refractivity contribution in [3.8, 4) is 5.82 Å². The Morgan fingerprint density at radius 1 is 1.03 bits per heavy atom. The van der Waals surface area contributed by atoms with Crippen molar-refractivity contribution in [2.75, 3.05) is 18.4 Å². The molecule has 2 N–H and O–H groups in total. The molecule has 0 radical (unpaired) electrons. The number of hydrogen-bond acceptors (Lipinski definition) is 6. The Morgan fingerprint density at radius 2 is 1.77 bits per heavy atom. The number of aryl methyl sites for hydroxylation is 1. The highest BCUT2D eigenvalue weighted by molar-refractivity contribution is 7.89. The molecule has 166 valence electrons. The molecule has 0 aliphatic carbocycles. The fraction of sp³-hybridized carbons (Fsp3) is 0.316. The van der Waals surface area contributed by atoms with Crippen LogP contribution in [0.25, 0.3) is 5.82 Å². The standard InChI is InChI=1S/C19H21F3N6O2S/c1-12-13(2)27-28(14(12)3)18-8-7-17(25-26-18)23-9-10-24-31(29,30)16-6-4-5-15(11-16)19(20,21)22/h4-8,11,24H,9-10H2,1-3H3,(H,23,25). The maximum absolute atomic E-state index is 12.8. The number of anilines is 1. The van der Waals surface area contributed by atoms with Gasteiger partial charge in [-0.1, -0.05) is 6.07 Å². The summed E-state index contributed by atoms with van der Waals surface area (Å²) in [7, 11) is -4.08. The minimum absolute atomic E-state index is 0.0569. The van der Waals surface area contributed by atoms with Gasteiger partial charge in [0.25, 0.3) is 0 Å². The SMILES string of the molecule is Cc1nn(-c2ccc(NCCNS(=O)(=O)c3cccc(C(F)(F)F)c3)nn2)c(C)c1C. The largest absolute Gasteiger partial charge is 0.416 e. The molecule has 0 unspecified atom stereocenters. The molecule has 0 amide bonds. The van der Waals surface area contributed by atoms with Crippen molar-refractivity contribution in [2.24, 2.45) is 0 Å². The van der Waals surface area contributed by atoms with E-state index in [0.717, 1.165) is 35.2 Å². The van der Waals surface area contributed by atoms with E-state index in [2.05, 4.69) is 25.3 Å². The molecule has 0 aliphatic rings. The van der Waals surface area contributed by atoms with Crippen LogP contribution in [0.1, 0.15) is 22.5 Å². The monoisotopic (exact) mass is 454 g/mol. The van der Waals surface area contributed by atoms with Crippen molar-refractivity contribution in [3.63, 3.8) is 0 Å². The number of alkyl halides is 3. The second kappa shape index (κ2) is 8.63. The molecule has 0 spiro atoms. The van der Waals surface area contributed by atoms with Gasteiger partial charge in [0, 0.05) is 18.8 Å². The van der Waals surface area contributed by atoms with E-state index in [1.807, 2.05) is 20.8 Å². The van der Waals surface area contributed by atoms with Crippen LogP contribution in [0, 0.1) is 20.8 Å². The van der Waals surface area contributed by atoms with Crippen LogP contribution in [0.3, 0.4) is 0 Å². The highest BCUT2D eigenvalue weighted by Gasteiger charge is 2.31. The molecule has 0 aliphatic heterocycles. The zero-order valence-electron chi connectivity index (χ0n) is 17.0. The number of benzene rings is 1. The first-order chi connectivity index (χ1) is 14.5. The number of sulfonamides is 1. The van der Waals surface area contributed by atoms with Gasteiger partial charge in [-0.2, -0.15) is 18.3 Å². The summed E-state index contributed by atoms with van der Waals surface area (Å²) >= 11 is 0. The fourth-order valence-corrected chi connectivity index (χ4v) is 3.85. The van der Waals surface area contributed by atoms with Crippen LogP contribution < -0.4 is 10.0 Å². The second-order valence-corrected chi connectivity index (χ2v) is 8.60. The molecular formula is C19H21F3N6O2S. The Bertz CT molecular complexity index is 1170. The number of hydrogen-bond donors (Lipinski definition) is 2. The van der Waals surface area contributed by atoms with E-state index >= 15 is 0 Å². The molecule has 2 aromatic heterocycles. The van der Waals surface area contributed by atoms with E-state index in [0.29, 0.717) is 17.7 Å². The lowest BCUT2D eigenvalue weighted by atomic mass is 10.2. The maximum atomic E-state index is 12.8. The van der Waals surface area contributed by atoms with E-state index in [9.17, 15) is 21.6 Å². The fourth-order valence-electron chi connectivity index (χ4n) is 2.78. The van der Waals surface area contributed by atoms with Gasteiger partial charge in [0.15, 0.2) is 5.82 Å². The van der Waals surface area contributed by atoms with E-state index in [1.165, 1.54) is 0 Å². The first-order valence-corrected chi connectivity index (χ1v) is 10.7. The number of aromatic nitrogens is 4. The van der Waals surface area contributed by atoms with Gasteiger partial charge in [0.05, 0.1) is 16.2 Å². The lowest BCUT2D eigenvalue weighted by Gasteiger charge is -2.11. The highest BCUT2D eigenvalue weighted by Crippen LogP contribution is 2.30. The van der Waals surface area contributed by atoms with Crippen LogP contribution in [-0.4, -0.2) is 41.5 Å². The molecule has 31 heavy (non-hydrogen) atoms. The smallest absolute Gasteiger partial charge is 0.367 e. The van der Waals surface area contributed by atoms with Gasteiger partial charge in [-0.15, -0.1) is 10.2 Å². The minimum atomic E-state index is -4.62. The number of nitrogens with zero attached hydrogens (tertiary/aromatic N) is 4. The Balaban J connectivity index is 1.57. The Labute approximate surface area is 177 Å². The predicted molar refractivity (Wildman–Crippen MR) is 108 cm³/mol. The third-order valence-corrected chi connectivity index (χ3v) is 6.17. The summed E-state index contributed by atoms with van der Waals surface area (Å²) in [5.74, 6) is 0.963. The van der Waals surface area contributed by atoms with Gasteiger partial charge in [-0.05, 0) is 56.7 Å². The topological polar surface area (TPSA) is 102 Å². The summed E-state index contributed by atoms with van der Waals surface area (Å²) in [5.41, 5.74) is 1.89. The Kier molecular flexibility index (Phi) is 6.32. The van der Waals surface area contributed by atoms with Gasteiger partial charge in [0.1, 0.15) is 5.82 Å². The van der Waals surface area contributed by atoms with Crippen molar-refractivity contribution in [1.82, 2.24) is 24.7 Å². The molecule has 1 aromatic carbocycles. The highest BCUT2D eigenvalue weighted by atomic mass is 32.2. The molecule has 0 saturated carbocycles. The van der Waals surface area contributed by atoms with E-state index in [4.69, 9.17) is 0 Å². The van der Waals surface area contributed by atoms with Crippen LogP contribution in [0.15, 0.2) is 41.3 Å². The molecule has 0 atom stereocenters. The van der Waals surface area contributed by atoms with Crippen LogP contribution in [0.4, 0.5) is 19.0 Å². The summed E-state index contributed by atoms with van der Waals surface area (Å²) in [6.07, 6.45) is -4.62. The van der Waals surface area contributed by atoms with Crippen LogP contribution >= 0.6 is 0 Å². The predicted octanol–water partition coefficient (Wildman–Crippen LogP) is 3.00. The van der Waals surface area contributed by atoms with Gasteiger partial charge in [-0.3, -0.25) is 0 Å². The minimum Gasteiger partial charge on any atom is -0.367 e. The van der Waals surface area contributed by atoms with Gasteiger partial charge >= 0.3 is 6.18 Å². The van der Waals surface area contributed by atoms with Crippen molar-refractivity contribution in [2.45, 2.75) is 31.8 Å². The average Bonchev–Trinajstić information content (AvgIpc) is 2.98. The van der Waals surface area contributed by atoms with Crippen molar-refractivity contribution in [3.05, 3.63) is 58.9 Å². The van der Waals surface area contributed by atoms with Crippen LogP contribution in [0.2, 0.25) is 0 Å². The molecular weight excluding hydrogens is 433 g/mol. The molecule has 3 rings (SSSR count). The first kappa shape index (κ1) is 22.7. The van der Waals surface area contributed by atoms with Crippen LogP contribution in [-0.2, 0) is 16.2 Å². The van der Waals surface area contributed by atoms with Gasteiger partial charge in [0.2, 0.25) is 10.0 Å². The van der Waals surface area contributed by atoms with Crippen LogP contribution in [0.5, 0.6) is 0 Å². The van der Waals surface area contributed by atoms with E-state index < -0.39 is 26.7 Å². The molecule has 8 nitrogen and oxygen atoms in total. The molecule has 0 fully saturated rings. The Hall–Kier alpha value is -2.99. The quantitative estimate of drug-likeness (QED) is 0.532. The third kappa shape index (κ3) is 5.20. The van der Waals surface area contributed by atoms with Gasteiger partial charge < -0.3 is 5.32 Å². The molecule has 3 aromatic rings. The Morgan fingerprint density at radius 3 is 2.35 bits per heavy atom. The molecule has 12 heteroatoms. The van der Waals surface area contributed by atoms with Gasteiger partial charge in [-0.25, -0.2) is 17.8 Å². The third-order valence-electron chi connectivity index (χ3n) is 4.72. The normalized spacial score (nSPS) is 12.2. The summed E-state index contributed by atoms with van der Waals surface area (Å²) in [6, 6.07) is 6.97. The zero-order chi connectivity index (χ0) is 22.8. The second-order valence-electron chi connectivity index (χ2n) is 6.83. The molecule has 2 heterocycles. The zero-order valence-corrected chi connectivity index (χ0v) is 17.8. The van der Waals surface area contributed by atoms with E-state index in [1.54, 1.807) is 16.8 Å². The number of rotatable bonds is 7. The summed E-state index contributed by atoms with van der Waals surface area (Å²) in [5, 5.41) is 15.5. The first-order valence-electron chi connectivity index (χ1n) is 9.27. The van der Waals surface area contributed by atoms with Crippen molar-refractivity contribution < 1.29 is 21.6 Å². The summed E-state index contributed by atoms with van der Waals surface area (Å²) in [6.45, 7) is 5.91. The number of nitrogens with one attached hydrogen (secondary N) is 2. The molecule has 0 saturated heterocycles. The van der Waals surface area contributed by atoms with Crippen molar-refractivity contribution in [1.29, 1.82) is 0 Å².